The van der Waals surface area contributed by atoms with Crippen molar-refractivity contribution in [3.8, 4) is 5.75 Å². The molecule has 2 aromatic heterocycles. The number of carbonyl (C=O) groups is 2. The first-order chi connectivity index (χ1) is 17.5. The van der Waals surface area contributed by atoms with Crippen LogP contribution in [-0.2, 0) is 28.9 Å². The number of nitrogens with one attached hydrogen (secondary N) is 1. The van der Waals surface area contributed by atoms with Crippen LogP contribution in [0.25, 0.3) is 0 Å². The minimum Gasteiger partial charge on any atom is -0.493 e. The van der Waals surface area contributed by atoms with Crippen molar-refractivity contribution in [2.45, 2.75) is 51.5 Å². The number of aromatic nitrogens is 3. The molecule has 1 aliphatic rings. The Labute approximate surface area is 209 Å². The van der Waals surface area contributed by atoms with Gasteiger partial charge in [0, 0.05) is 50.9 Å². The number of amides is 1. The van der Waals surface area contributed by atoms with Gasteiger partial charge in [0.05, 0.1) is 18.5 Å². The highest BCUT2D eigenvalue weighted by Gasteiger charge is 2.22. The van der Waals surface area contributed by atoms with Crippen molar-refractivity contribution < 1.29 is 28.6 Å². The molecule has 1 saturated heterocycles. The number of hydrogen-bond acceptors (Lipinski definition) is 8. The molecule has 10 heteroatoms. The van der Waals surface area contributed by atoms with Crippen molar-refractivity contribution in [1.82, 2.24) is 20.3 Å². The van der Waals surface area contributed by atoms with Crippen LogP contribution >= 0.6 is 0 Å². The molecule has 0 unspecified atom stereocenters. The number of carboxylic acid groups (broad SMARTS) is 1. The molecule has 0 aliphatic carbocycles. The first-order valence-electron chi connectivity index (χ1n) is 12.0. The molecule has 3 aromatic rings. The molecule has 10 nitrogen and oxygen atoms in total. The highest BCUT2D eigenvalue weighted by atomic mass is 16.5. The Bertz CT molecular complexity index is 1170. The van der Waals surface area contributed by atoms with Gasteiger partial charge in [-0.25, -0.2) is 9.97 Å². The molecule has 1 fully saturated rings. The summed E-state index contributed by atoms with van der Waals surface area (Å²) < 4.78 is 17.3. The lowest BCUT2D eigenvalue weighted by atomic mass is 10.0. The lowest BCUT2D eigenvalue weighted by Crippen LogP contribution is -2.24. The van der Waals surface area contributed by atoms with E-state index in [4.69, 9.17) is 24.0 Å². The molecule has 0 bridgehead atoms. The third kappa shape index (κ3) is 6.88. The summed E-state index contributed by atoms with van der Waals surface area (Å²) in [6.07, 6.45) is 7.10. The molecule has 3 heterocycles. The molecule has 2 N–H and O–H groups in total. The summed E-state index contributed by atoms with van der Waals surface area (Å²) in [6, 6.07) is 5.48. The van der Waals surface area contributed by atoms with Crippen molar-refractivity contribution >= 4 is 11.9 Å². The zero-order valence-corrected chi connectivity index (χ0v) is 20.2. The molecular weight excluding hydrogens is 464 g/mol. The van der Waals surface area contributed by atoms with E-state index in [1.54, 1.807) is 0 Å². The molecule has 190 valence electrons. The van der Waals surface area contributed by atoms with E-state index in [2.05, 4.69) is 15.3 Å². The van der Waals surface area contributed by atoms with Gasteiger partial charge in [-0.1, -0.05) is 6.07 Å². The number of ether oxygens (including phenoxy) is 2. The van der Waals surface area contributed by atoms with E-state index in [1.165, 1.54) is 18.6 Å². The number of carboxylic acids is 1. The van der Waals surface area contributed by atoms with Gasteiger partial charge < -0.3 is 24.3 Å². The number of rotatable bonds is 11. The summed E-state index contributed by atoms with van der Waals surface area (Å²) in [6.45, 7) is 3.99. The quantitative estimate of drug-likeness (QED) is 0.411. The van der Waals surface area contributed by atoms with E-state index in [-0.39, 0.29) is 24.6 Å². The average Bonchev–Trinajstić information content (AvgIpc) is 3.27. The normalized spacial score (nSPS) is 13.9. The Morgan fingerprint density at radius 1 is 1.17 bits per heavy atom. The standard InChI is InChI=1S/C26H30N4O6/c1-17-22(30-26(36-17)19-6-11-34-12-7-19)8-13-35-21-4-2-18(3-5-24(31)32)20(14-21)15-29-25(33)23-16-27-9-10-28-23/h2,4,9-10,14,16,19H,3,5-8,11-13,15H2,1H3,(H,29,33)(H,31,32). The zero-order valence-electron chi connectivity index (χ0n) is 20.2. The zero-order chi connectivity index (χ0) is 25.3. The fraction of sp³-hybridized carbons (Fsp3) is 0.423. The van der Waals surface area contributed by atoms with Gasteiger partial charge in [0.1, 0.15) is 17.2 Å². The molecule has 4 rings (SSSR count). The number of aryl methyl sites for hydroxylation is 2. The van der Waals surface area contributed by atoms with Crippen molar-refractivity contribution in [2.75, 3.05) is 19.8 Å². The average molecular weight is 495 g/mol. The second-order valence-corrected chi connectivity index (χ2v) is 8.64. The van der Waals surface area contributed by atoms with Crippen LogP contribution in [0, 0.1) is 6.92 Å². The molecule has 1 aromatic carbocycles. The van der Waals surface area contributed by atoms with E-state index in [0.29, 0.717) is 31.1 Å². The predicted molar refractivity (Wildman–Crippen MR) is 129 cm³/mol. The topological polar surface area (TPSA) is 137 Å². The molecule has 0 atom stereocenters. The van der Waals surface area contributed by atoms with E-state index in [0.717, 1.165) is 54.5 Å². The van der Waals surface area contributed by atoms with Crippen LogP contribution in [0.3, 0.4) is 0 Å². The van der Waals surface area contributed by atoms with Crippen molar-refractivity contribution in [3.05, 3.63) is 71.0 Å². The van der Waals surface area contributed by atoms with E-state index < -0.39 is 5.97 Å². The highest BCUT2D eigenvalue weighted by Crippen LogP contribution is 2.28. The van der Waals surface area contributed by atoms with Crippen LogP contribution < -0.4 is 10.1 Å². The number of carbonyl (C=O) groups excluding carboxylic acids is 1. The Balaban J connectivity index is 1.38. The van der Waals surface area contributed by atoms with Crippen LogP contribution in [0.1, 0.15) is 64.1 Å². The van der Waals surface area contributed by atoms with Crippen LogP contribution in [-0.4, -0.2) is 51.8 Å². The molecule has 0 radical (unpaired) electrons. The summed E-state index contributed by atoms with van der Waals surface area (Å²) in [5.41, 5.74) is 2.70. The van der Waals surface area contributed by atoms with Gasteiger partial charge in [-0.2, -0.15) is 0 Å². The molecule has 36 heavy (non-hydrogen) atoms. The lowest BCUT2D eigenvalue weighted by molar-refractivity contribution is -0.136. The summed E-state index contributed by atoms with van der Waals surface area (Å²) in [7, 11) is 0. The van der Waals surface area contributed by atoms with Gasteiger partial charge in [-0.05, 0) is 49.4 Å². The second-order valence-electron chi connectivity index (χ2n) is 8.64. The minimum absolute atomic E-state index is 0.00774. The maximum atomic E-state index is 12.4. The number of oxazole rings is 1. The Hall–Kier alpha value is -3.79. The van der Waals surface area contributed by atoms with Gasteiger partial charge in [0.15, 0.2) is 5.89 Å². The summed E-state index contributed by atoms with van der Waals surface area (Å²) in [5, 5.41) is 11.9. The van der Waals surface area contributed by atoms with E-state index >= 15 is 0 Å². The van der Waals surface area contributed by atoms with Crippen LogP contribution in [0.5, 0.6) is 5.75 Å². The first-order valence-corrected chi connectivity index (χ1v) is 12.0. The van der Waals surface area contributed by atoms with Gasteiger partial charge in [-0.15, -0.1) is 0 Å². The predicted octanol–water partition coefficient (Wildman–Crippen LogP) is 3.24. The van der Waals surface area contributed by atoms with E-state index in [9.17, 15) is 9.59 Å². The van der Waals surface area contributed by atoms with Crippen LogP contribution in [0.4, 0.5) is 0 Å². The summed E-state index contributed by atoms with van der Waals surface area (Å²) in [4.78, 5) is 36.1. The van der Waals surface area contributed by atoms with Gasteiger partial charge in [-0.3, -0.25) is 14.6 Å². The Morgan fingerprint density at radius 2 is 2.00 bits per heavy atom. The fourth-order valence-electron chi connectivity index (χ4n) is 4.09. The van der Waals surface area contributed by atoms with Crippen molar-refractivity contribution in [3.63, 3.8) is 0 Å². The SMILES string of the molecule is Cc1oc(C2CCOCC2)nc1CCOc1ccc(CCC(=O)O)c(CNC(=O)c2cnccn2)c1. The number of hydrogen-bond donors (Lipinski definition) is 2. The monoisotopic (exact) mass is 494 g/mol. The van der Waals surface area contributed by atoms with Crippen LogP contribution in [0.2, 0.25) is 0 Å². The maximum absolute atomic E-state index is 12.4. The van der Waals surface area contributed by atoms with Crippen molar-refractivity contribution in [2.24, 2.45) is 0 Å². The summed E-state index contributed by atoms with van der Waals surface area (Å²) >= 11 is 0. The number of nitrogens with zero attached hydrogens (tertiary/aromatic N) is 3. The minimum atomic E-state index is -0.882. The van der Waals surface area contributed by atoms with Gasteiger partial charge >= 0.3 is 5.97 Å². The highest BCUT2D eigenvalue weighted by molar-refractivity contribution is 5.91. The second kappa shape index (κ2) is 12.3. The Kier molecular flexibility index (Phi) is 8.62. The first kappa shape index (κ1) is 25.3. The van der Waals surface area contributed by atoms with Crippen molar-refractivity contribution in [1.29, 1.82) is 0 Å². The third-order valence-electron chi connectivity index (χ3n) is 6.11. The molecule has 0 saturated carbocycles. The van der Waals surface area contributed by atoms with Crippen LogP contribution in [0.15, 0.2) is 41.2 Å². The maximum Gasteiger partial charge on any atom is 0.303 e. The molecular formula is C26H30N4O6. The van der Waals surface area contributed by atoms with E-state index in [1.807, 2.05) is 25.1 Å². The number of aliphatic carboxylic acids is 1. The Morgan fingerprint density at radius 3 is 2.75 bits per heavy atom. The number of benzene rings is 1. The van der Waals surface area contributed by atoms with Gasteiger partial charge in [0.2, 0.25) is 0 Å². The molecule has 1 aliphatic heterocycles. The summed E-state index contributed by atoms with van der Waals surface area (Å²) in [5.74, 6) is 1.26. The smallest absolute Gasteiger partial charge is 0.303 e. The largest absolute Gasteiger partial charge is 0.493 e. The fourth-order valence-corrected chi connectivity index (χ4v) is 4.09. The van der Waals surface area contributed by atoms with Gasteiger partial charge in [0.25, 0.3) is 5.91 Å². The third-order valence-corrected chi connectivity index (χ3v) is 6.11. The molecule has 1 amide bonds. The molecule has 0 spiro atoms. The lowest BCUT2D eigenvalue weighted by Gasteiger charge is -2.18.